The summed E-state index contributed by atoms with van der Waals surface area (Å²) in [5, 5.41) is 0. The zero-order valence-electron chi connectivity index (χ0n) is 20.9. The van der Waals surface area contributed by atoms with E-state index in [9.17, 15) is 4.79 Å². The highest BCUT2D eigenvalue weighted by molar-refractivity contribution is 5.93. The molecule has 1 saturated heterocycles. The zero-order chi connectivity index (χ0) is 24.7. The van der Waals surface area contributed by atoms with Gasteiger partial charge in [-0.15, -0.1) is 0 Å². The summed E-state index contributed by atoms with van der Waals surface area (Å²) in [6, 6.07) is 3.79. The van der Waals surface area contributed by atoms with Crippen LogP contribution in [0.3, 0.4) is 0 Å². The Labute approximate surface area is 207 Å². The van der Waals surface area contributed by atoms with Crippen molar-refractivity contribution in [3.05, 3.63) is 48.2 Å². The highest BCUT2D eigenvalue weighted by Crippen LogP contribution is 2.38. The lowest BCUT2D eigenvalue weighted by molar-refractivity contribution is -0.236. The first-order valence-corrected chi connectivity index (χ1v) is 12.3. The van der Waals surface area contributed by atoms with Crippen molar-refractivity contribution in [2.75, 3.05) is 34.4 Å². The Morgan fingerprint density at radius 3 is 2.63 bits per heavy atom. The van der Waals surface area contributed by atoms with Crippen LogP contribution in [0.5, 0.6) is 5.88 Å². The third-order valence-electron chi connectivity index (χ3n) is 7.15. The second kappa shape index (κ2) is 11.9. The van der Waals surface area contributed by atoms with Gasteiger partial charge in [-0.25, -0.2) is 4.98 Å². The van der Waals surface area contributed by atoms with E-state index in [1.807, 2.05) is 6.20 Å². The summed E-state index contributed by atoms with van der Waals surface area (Å²) in [6.45, 7) is 2.64. The van der Waals surface area contributed by atoms with Crippen LogP contribution < -0.4 is 4.74 Å². The smallest absolute Gasteiger partial charge is 0.259 e. The summed E-state index contributed by atoms with van der Waals surface area (Å²) in [6.07, 6.45) is 13.0. The fourth-order valence-corrected chi connectivity index (χ4v) is 5.20. The van der Waals surface area contributed by atoms with E-state index in [0.717, 1.165) is 18.0 Å². The van der Waals surface area contributed by atoms with E-state index < -0.39 is 11.6 Å². The molecule has 0 bridgehead atoms. The number of methoxy groups -OCH3 is 2. The molecule has 2 fully saturated rings. The highest BCUT2D eigenvalue weighted by Gasteiger charge is 2.62. The second-order valence-corrected chi connectivity index (χ2v) is 9.67. The number of rotatable bonds is 12. The van der Waals surface area contributed by atoms with Crippen molar-refractivity contribution in [3.63, 3.8) is 0 Å². The molecule has 2 atom stereocenters. The molecule has 9 nitrogen and oxygen atoms in total. The molecule has 0 aromatic carbocycles. The molecule has 0 N–H and O–H groups in total. The third-order valence-corrected chi connectivity index (χ3v) is 7.15. The summed E-state index contributed by atoms with van der Waals surface area (Å²) in [7, 11) is 3.10. The second-order valence-electron chi connectivity index (χ2n) is 9.67. The van der Waals surface area contributed by atoms with E-state index in [1.54, 1.807) is 31.5 Å². The molecule has 35 heavy (non-hydrogen) atoms. The van der Waals surface area contributed by atoms with Crippen molar-refractivity contribution in [1.29, 1.82) is 0 Å². The Kier molecular flexibility index (Phi) is 8.64. The number of hydrogen-bond donors (Lipinski definition) is 0. The van der Waals surface area contributed by atoms with E-state index >= 15 is 0 Å². The maximum absolute atomic E-state index is 13.4. The van der Waals surface area contributed by atoms with Crippen LogP contribution in [0.1, 0.15) is 43.9 Å². The van der Waals surface area contributed by atoms with Crippen LogP contribution in [-0.2, 0) is 31.8 Å². The Bertz CT molecular complexity index is 954. The van der Waals surface area contributed by atoms with Crippen molar-refractivity contribution in [2.24, 2.45) is 11.8 Å². The molecular weight excluding hydrogens is 448 g/mol. The lowest BCUT2D eigenvalue weighted by atomic mass is 9.78. The predicted octanol–water partition coefficient (Wildman–Crippen LogP) is 3.04. The van der Waals surface area contributed by atoms with Crippen LogP contribution in [-0.4, -0.2) is 71.8 Å². The average molecular weight is 485 g/mol. The molecule has 2 aliphatic rings. The van der Waals surface area contributed by atoms with Crippen molar-refractivity contribution in [1.82, 2.24) is 19.9 Å². The largest absolute Gasteiger partial charge is 0.474 e. The number of aromatic nitrogens is 3. The molecule has 1 aliphatic heterocycles. The minimum Gasteiger partial charge on any atom is -0.474 e. The number of likely N-dealkylation sites (tertiary alicyclic amines) is 1. The average Bonchev–Trinajstić information content (AvgIpc) is 2.88. The Morgan fingerprint density at radius 1 is 1.09 bits per heavy atom. The van der Waals surface area contributed by atoms with Gasteiger partial charge >= 0.3 is 0 Å². The summed E-state index contributed by atoms with van der Waals surface area (Å²) >= 11 is 0. The van der Waals surface area contributed by atoms with Gasteiger partial charge in [-0.3, -0.25) is 14.8 Å². The van der Waals surface area contributed by atoms with Crippen LogP contribution in [0.4, 0.5) is 0 Å². The van der Waals surface area contributed by atoms with E-state index in [0.29, 0.717) is 18.2 Å². The van der Waals surface area contributed by atoms with Crippen LogP contribution in [0.15, 0.2) is 36.9 Å². The summed E-state index contributed by atoms with van der Waals surface area (Å²) in [4.78, 5) is 27.8. The molecule has 1 saturated carbocycles. The van der Waals surface area contributed by atoms with Gasteiger partial charge < -0.3 is 23.8 Å². The van der Waals surface area contributed by atoms with E-state index in [1.165, 1.54) is 37.4 Å². The van der Waals surface area contributed by atoms with Gasteiger partial charge in [-0.05, 0) is 48.8 Å². The topological polar surface area (TPSA) is 95.9 Å². The quantitative estimate of drug-likeness (QED) is 0.335. The molecular formula is C26H36N4O5. The molecule has 0 unspecified atom stereocenters. The number of carbonyl (C=O) groups is 1. The molecule has 190 valence electrons. The first kappa shape index (κ1) is 25.5. The normalized spacial score (nSPS) is 26.4. The maximum Gasteiger partial charge on any atom is 0.259 e. The van der Waals surface area contributed by atoms with Crippen LogP contribution in [0.25, 0.3) is 0 Å². The van der Waals surface area contributed by atoms with E-state index in [4.69, 9.17) is 18.9 Å². The predicted molar refractivity (Wildman–Crippen MR) is 128 cm³/mol. The number of ether oxygens (including phenoxy) is 4. The number of hydrogen-bond acceptors (Lipinski definition) is 8. The van der Waals surface area contributed by atoms with E-state index in [-0.39, 0.29) is 26.0 Å². The van der Waals surface area contributed by atoms with Crippen molar-refractivity contribution in [2.45, 2.75) is 57.1 Å². The number of carbonyl (C=O) groups excluding carboxylic acids is 1. The van der Waals surface area contributed by atoms with Crippen molar-refractivity contribution < 1.29 is 23.7 Å². The summed E-state index contributed by atoms with van der Waals surface area (Å²) in [5.41, 5.74) is 0.907. The zero-order valence-corrected chi connectivity index (χ0v) is 20.9. The monoisotopic (exact) mass is 484 g/mol. The first-order chi connectivity index (χ1) is 17.1. The van der Waals surface area contributed by atoms with Gasteiger partial charge in [-0.1, -0.05) is 19.8 Å². The fourth-order valence-electron chi connectivity index (χ4n) is 5.20. The minimum absolute atomic E-state index is 0.0197. The minimum atomic E-state index is -1.16. The molecule has 0 radical (unpaired) electrons. The first-order valence-electron chi connectivity index (χ1n) is 12.3. The molecule has 3 heterocycles. The number of pyridine rings is 1. The van der Waals surface area contributed by atoms with Gasteiger partial charge in [0.05, 0.1) is 6.20 Å². The lowest BCUT2D eigenvalue weighted by Crippen LogP contribution is -2.77. The van der Waals surface area contributed by atoms with Gasteiger partial charge in [0.2, 0.25) is 5.88 Å². The fraction of sp³-hybridized carbons (Fsp3) is 0.615. The maximum atomic E-state index is 13.4. The summed E-state index contributed by atoms with van der Waals surface area (Å²) < 4.78 is 22.4. The molecule has 1 amide bonds. The lowest BCUT2D eigenvalue weighted by Gasteiger charge is -2.54. The van der Waals surface area contributed by atoms with Crippen molar-refractivity contribution >= 4 is 5.91 Å². The van der Waals surface area contributed by atoms with Gasteiger partial charge in [0.25, 0.3) is 5.91 Å². The molecule has 1 aliphatic carbocycles. The molecule has 9 heteroatoms. The number of nitrogens with zero attached hydrogens (tertiary/aromatic N) is 4. The van der Waals surface area contributed by atoms with Gasteiger partial charge in [0.1, 0.15) is 26.2 Å². The Morgan fingerprint density at radius 2 is 1.91 bits per heavy atom. The van der Waals surface area contributed by atoms with Crippen LogP contribution in [0.2, 0.25) is 0 Å². The SMILES string of the molecule is COCO[C@@]1(Cc2cc(CC3CCC(C)CC3)ccn2)C(=O)N(COC)[C@H]1COc1cnccn1. The van der Waals surface area contributed by atoms with E-state index in [2.05, 4.69) is 34.0 Å². The van der Waals surface area contributed by atoms with Crippen LogP contribution >= 0.6 is 0 Å². The van der Waals surface area contributed by atoms with Gasteiger partial charge in [0.15, 0.2) is 5.60 Å². The molecule has 4 rings (SSSR count). The van der Waals surface area contributed by atoms with Crippen molar-refractivity contribution in [3.8, 4) is 5.88 Å². The Hall–Kier alpha value is -2.62. The standard InChI is InChI=1S/C26H36N4O5/c1-19-4-6-20(7-5-19)12-21-8-9-28-22(13-21)14-26(35-18-33-3)23(30(17-32-2)25(26)31)16-34-24-15-27-10-11-29-24/h8-11,13,15,19-20,23H,4-7,12,14,16-18H2,1-3H3/t19?,20?,23-,26+/m0/s1. The molecule has 2 aromatic rings. The number of β-lactam (4-membered cyclic amide) rings is 1. The molecule has 2 aromatic heterocycles. The summed E-state index contributed by atoms with van der Waals surface area (Å²) in [5.74, 6) is 1.75. The van der Waals surface area contributed by atoms with Gasteiger partial charge in [0, 0.05) is 44.9 Å². The third kappa shape index (κ3) is 5.97. The number of amides is 1. The Balaban J connectivity index is 1.52. The highest BCUT2D eigenvalue weighted by atomic mass is 16.7. The van der Waals surface area contributed by atoms with Gasteiger partial charge in [-0.2, -0.15) is 0 Å². The van der Waals surface area contributed by atoms with Crippen LogP contribution in [0, 0.1) is 11.8 Å². The molecule has 0 spiro atoms.